The number of carboxylic acid groups (broad SMARTS) is 1. The van der Waals surface area contributed by atoms with E-state index in [-0.39, 0.29) is 3.92 Å². The molecule has 66 valence electrons. The summed E-state index contributed by atoms with van der Waals surface area (Å²) in [5.74, 6) is -0.703. The lowest BCUT2D eigenvalue weighted by molar-refractivity contribution is -0.146. The van der Waals surface area contributed by atoms with E-state index in [1.807, 2.05) is 0 Å². The molecule has 0 aliphatic rings. The lowest BCUT2D eigenvalue weighted by atomic mass is 9.87. The van der Waals surface area contributed by atoms with Gasteiger partial charge in [-0.25, -0.2) is 0 Å². The van der Waals surface area contributed by atoms with E-state index in [1.165, 1.54) is 0 Å². The van der Waals surface area contributed by atoms with E-state index in [4.69, 9.17) is 5.11 Å². The van der Waals surface area contributed by atoms with Crippen molar-refractivity contribution >= 4 is 28.6 Å². The fourth-order valence-corrected chi connectivity index (χ4v) is 1.64. The number of hydrogen-bond donors (Lipinski definition) is 1. The molecule has 0 radical (unpaired) electrons. The molecule has 0 aromatic rings. The Labute approximate surface area is 81.5 Å². The summed E-state index contributed by atoms with van der Waals surface area (Å²) in [5, 5.41) is 8.83. The van der Waals surface area contributed by atoms with Gasteiger partial charge < -0.3 is 5.11 Å². The SMILES string of the molecule is CCCC(I)C(C)(C)C(=O)O. The molecule has 0 heterocycles. The topological polar surface area (TPSA) is 37.3 Å². The third kappa shape index (κ3) is 2.97. The van der Waals surface area contributed by atoms with Gasteiger partial charge in [0.15, 0.2) is 0 Å². The van der Waals surface area contributed by atoms with Crippen molar-refractivity contribution in [2.45, 2.75) is 37.5 Å². The molecule has 2 nitrogen and oxygen atoms in total. The highest BCUT2D eigenvalue weighted by atomic mass is 127. The van der Waals surface area contributed by atoms with E-state index in [9.17, 15) is 4.79 Å². The minimum atomic E-state index is -0.703. The molecule has 0 bridgehead atoms. The molecule has 0 saturated carbocycles. The van der Waals surface area contributed by atoms with Gasteiger partial charge in [-0.15, -0.1) is 0 Å². The summed E-state index contributed by atoms with van der Waals surface area (Å²) in [6, 6.07) is 0. The molecule has 1 N–H and O–H groups in total. The fourth-order valence-electron chi connectivity index (χ4n) is 0.748. The number of rotatable bonds is 4. The van der Waals surface area contributed by atoms with Gasteiger partial charge in [0.05, 0.1) is 5.41 Å². The second kappa shape index (κ2) is 4.28. The van der Waals surface area contributed by atoms with Gasteiger partial charge in [-0.05, 0) is 20.3 Å². The monoisotopic (exact) mass is 270 g/mol. The zero-order chi connectivity index (χ0) is 9.07. The average molecular weight is 270 g/mol. The second-order valence-corrected chi connectivity index (χ2v) is 4.79. The summed E-state index contributed by atoms with van der Waals surface area (Å²) in [5.41, 5.74) is -0.587. The molecule has 0 saturated heterocycles. The highest BCUT2D eigenvalue weighted by Crippen LogP contribution is 2.30. The van der Waals surface area contributed by atoms with Gasteiger partial charge in [0.2, 0.25) is 0 Å². The summed E-state index contributed by atoms with van der Waals surface area (Å²) in [7, 11) is 0. The molecule has 11 heavy (non-hydrogen) atoms. The van der Waals surface area contributed by atoms with Gasteiger partial charge in [0, 0.05) is 3.92 Å². The quantitative estimate of drug-likeness (QED) is 0.630. The van der Waals surface area contributed by atoms with E-state index in [1.54, 1.807) is 13.8 Å². The van der Waals surface area contributed by atoms with Crippen molar-refractivity contribution in [2.75, 3.05) is 0 Å². The molecule has 3 heteroatoms. The van der Waals surface area contributed by atoms with E-state index in [0.717, 1.165) is 12.8 Å². The first-order valence-electron chi connectivity index (χ1n) is 3.80. The summed E-state index contributed by atoms with van der Waals surface area (Å²) < 4.78 is 0.225. The van der Waals surface area contributed by atoms with E-state index in [2.05, 4.69) is 29.5 Å². The van der Waals surface area contributed by atoms with Crippen molar-refractivity contribution in [1.82, 2.24) is 0 Å². The van der Waals surface area contributed by atoms with E-state index in [0.29, 0.717) is 0 Å². The highest BCUT2D eigenvalue weighted by Gasteiger charge is 2.34. The Morgan fingerprint density at radius 1 is 1.64 bits per heavy atom. The van der Waals surface area contributed by atoms with Gasteiger partial charge in [0.1, 0.15) is 0 Å². The highest BCUT2D eigenvalue weighted by molar-refractivity contribution is 14.1. The van der Waals surface area contributed by atoms with Crippen LogP contribution in [0.5, 0.6) is 0 Å². The molecular weight excluding hydrogens is 255 g/mol. The van der Waals surface area contributed by atoms with Crippen LogP contribution in [0.15, 0.2) is 0 Å². The first-order chi connectivity index (χ1) is 4.92. The van der Waals surface area contributed by atoms with E-state index < -0.39 is 11.4 Å². The van der Waals surface area contributed by atoms with Gasteiger partial charge in [-0.1, -0.05) is 35.9 Å². The van der Waals surface area contributed by atoms with Crippen LogP contribution in [-0.2, 0) is 4.79 Å². The fraction of sp³-hybridized carbons (Fsp3) is 0.875. The zero-order valence-electron chi connectivity index (χ0n) is 7.22. The number of carboxylic acids is 1. The molecule has 0 aromatic heterocycles. The normalized spacial score (nSPS) is 14.5. The molecule has 0 aromatic carbocycles. The number of aliphatic carboxylic acids is 1. The molecule has 0 aliphatic heterocycles. The first kappa shape index (κ1) is 11.2. The van der Waals surface area contributed by atoms with Crippen molar-refractivity contribution < 1.29 is 9.90 Å². The standard InChI is InChI=1S/C8H15IO2/c1-4-5-6(9)8(2,3)7(10)11/h6H,4-5H2,1-3H3,(H,10,11). The molecule has 0 amide bonds. The summed E-state index contributed by atoms with van der Waals surface area (Å²) in [6.45, 7) is 5.63. The van der Waals surface area contributed by atoms with E-state index >= 15 is 0 Å². The van der Waals surface area contributed by atoms with Gasteiger partial charge in [0.25, 0.3) is 0 Å². The summed E-state index contributed by atoms with van der Waals surface area (Å²) in [4.78, 5) is 10.7. The Hall–Kier alpha value is 0.200. The maximum Gasteiger partial charge on any atom is 0.310 e. The Bertz CT molecular complexity index is 143. The predicted molar refractivity (Wildman–Crippen MR) is 54.1 cm³/mol. The average Bonchev–Trinajstić information content (AvgIpc) is 1.88. The van der Waals surface area contributed by atoms with Crippen molar-refractivity contribution in [1.29, 1.82) is 0 Å². The van der Waals surface area contributed by atoms with Crippen LogP contribution in [0.4, 0.5) is 0 Å². The zero-order valence-corrected chi connectivity index (χ0v) is 9.38. The molecule has 1 atom stereocenters. The van der Waals surface area contributed by atoms with Crippen LogP contribution in [0.25, 0.3) is 0 Å². The minimum Gasteiger partial charge on any atom is -0.481 e. The molecule has 0 spiro atoms. The predicted octanol–water partition coefficient (Wildman–Crippen LogP) is 2.70. The van der Waals surface area contributed by atoms with Crippen molar-refractivity contribution in [3.8, 4) is 0 Å². The number of alkyl halides is 1. The van der Waals surface area contributed by atoms with Gasteiger partial charge in [-0.2, -0.15) is 0 Å². The summed E-state index contributed by atoms with van der Waals surface area (Å²) >= 11 is 2.22. The van der Waals surface area contributed by atoms with Crippen LogP contribution in [-0.4, -0.2) is 15.0 Å². The molecule has 0 aliphatic carbocycles. The molecular formula is C8H15IO2. The smallest absolute Gasteiger partial charge is 0.310 e. The second-order valence-electron chi connectivity index (χ2n) is 3.28. The largest absolute Gasteiger partial charge is 0.481 e. The van der Waals surface area contributed by atoms with Gasteiger partial charge >= 0.3 is 5.97 Å². The molecule has 0 fully saturated rings. The lowest BCUT2D eigenvalue weighted by Gasteiger charge is -2.25. The van der Waals surface area contributed by atoms with Gasteiger partial charge in [-0.3, -0.25) is 4.79 Å². The third-order valence-corrected chi connectivity index (χ3v) is 4.06. The summed E-state index contributed by atoms with van der Waals surface area (Å²) in [6.07, 6.45) is 2.02. The minimum absolute atomic E-state index is 0.225. The van der Waals surface area contributed by atoms with Crippen LogP contribution in [0.2, 0.25) is 0 Å². The van der Waals surface area contributed by atoms with Crippen LogP contribution < -0.4 is 0 Å². The van der Waals surface area contributed by atoms with Crippen molar-refractivity contribution in [3.63, 3.8) is 0 Å². The Balaban J connectivity index is 4.17. The maximum absolute atomic E-state index is 10.7. The van der Waals surface area contributed by atoms with Crippen molar-refractivity contribution in [3.05, 3.63) is 0 Å². The molecule has 1 unspecified atom stereocenters. The number of carbonyl (C=O) groups is 1. The van der Waals surface area contributed by atoms with Crippen LogP contribution in [0.1, 0.15) is 33.6 Å². The Kier molecular flexibility index (Phi) is 4.36. The van der Waals surface area contributed by atoms with Crippen LogP contribution in [0.3, 0.4) is 0 Å². The molecule has 0 rings (SSSR count). The maximum atomic E-state index is 10.7. The Morgan fingerprint density at radius 2 is 2.09 bits per heavy atom. The van der Waals surface area contributed by atoms with Crippen molar-refractivity contribution in [2.24, 2.45) is 5.41 Å². The third-order valence-electron chi connectivity index (χ3n) is 1.88. The lowest BCUT2D eigenvalue weighted by Crippen LogP contribution is -2.33. The van der Waals surface area contributed by atoms with Crippen LogP contribution >= 0.6 is 22.6 Å². The van der Waals surface area contributed by atoms with Crippen LogP contribution in [0, 0.1) is 5.41 Å². The number of hydrogen-bond acceptors (Lipinski definition) is 1. The first-order valence-corrected chi connectivity index (χ1v) is 5.05. The Morgan fingerprint density at radius 3 is 2.36 bits per heavy atom. The number of halogens is 1.